The molecule has 0 fully saturated rings. The Hall–Kier alpha value is -2.17. The number of benzene rings is 1. The molecular weight excluding hydrogens is 300 g/mol. The molecule has 5 nitrogen and oxygen atoms in total. The van der Waals surface area contributed by atoms with Crippen LogP contribution in [0.5, 0.6) is 0 Å². The first-order valence-electron chi connectivity index (χ1n) is 8.94. The van der Waals surface area contributed by atoms with E-state index in [1.165, 1.54) is 24.8 Å². The zero-order valence-electron chi connectivity index (χ0n) is 14.6. The maximum atomic E-state index is 12.2. The number of amides is 1. The van der Waals surface area contributed by atoms with E-state index in [0.717, 1.165) is 31.0 Å². The number of hydrogen-bond acceptors (Lipinski definition) is 3. The highest BCUT2D eigenvalue weighted by Gasteiger charge is 2.14. The van der Waals surface area contributed by atoms with Gasteiger partial charge in [0.25, 0.3) is 5.91 Å². The van der Waals surface area contributed by atoms with E-state index >= 15 is 0 Å². The first kappa shape index (κ1) is 16.7. The number of aromatic nitrogens is 3. The van der Waals surface area contributed by atoms with Gasteiger partial charge in [-0.2, -0.15) is 0 Å². The number of rotatable bonds is 5. The van der Waals surface area contributed by atoms with Gasteiger partial charge in [-0.3, -0.25) is 4.79 Å². The molecule has 0 bridgehead atoms. The van der Waals surface area contributed by atoms with Gasteiger partial charge in [-0.25, -0.2) is 0 Å². The third kappa shape index (κ3) is 3.83. The highest BCUT2D eigenvalue weighted by Crippen LogP contribution is 2.15. The zero-order valence-corrected chi connectivity index (χ0v) is 14.6. The summed E-state index contributed by atoms with van der Waals surface area (Å²) in [5, 5.41) is 11.6. The smallest absolute Gasteiger partial charge is 0.251 e. The van der Waals surface area contributed by atoms with Crippen molar-refractivity contribution >= 4 is 5.91 Å². The number of fused-ring (bicyclic) bond motifs is 1. The minimum atomic E-state index is -0.0269. The summed E-state index contributed by atoms with van der Waals surface area (Å²) in [5.74, 6) is 2.53. The monoisotopic (exact) mass is 326 g/mol. The number of carbonyl (C=O) groups excluding carboxylic acids is 1. The predicted molar refractivity (Wildman–Crippen MR) is 94.1 cm³/mol. The number of carbonyl (C=O) groups is 1. The largest absolute Gasteiger partial charge is 0.352 e. The van der Waals surface area contributed by atoms with Crippen LogP contribution in [0, 0.1) is 0 Å². The minimum Gasteiger partial charge on any atom is -0.352 e. The Balaban J connectivity index is 1.54. The fourth-order valence-corrected chi connectivity index (χ4v) is 3.14. The lowest BCUT2D eigenvalue weighted by molar-refractivity contribution is 0.0954. The van der Waals surface area contributed by atoms with Gasteiger partial charge in [0.1, 0.15) is 11.6 Å². The molecule has 5 heteroatoms. The van der Waals surface area contributed by atoms with Crippen LogP contribution in [0.4, 0.5) is 0 Å². The first-order chi connectivity index (χ1) is 11.6. The van der Waals surface area contributed by atoms with E-state index in [1.54, 1.807) is 0 Å². The Morgan fingerprint density at radius 3 is 2.71 bits per heavy atom. The first-order valence-corrected chi connectivity index (χ1v) is 8.94. The van der Waals surface area contributed by atoms with Crippen molar-refractivity contribution < 1.29 is 4.79 Å². The molecule has 2 heterocycles. The molecule has 0 atom stereocenters. The minimum absolute atomic E-state index is 0.0269. The van der Waals surface area contributed by atoms with Crippen molar-refractivity contribution in [3.8, 4) is 0 Å². The Morgan fingerprint density at radius 2 is 1.96 bits per heavy atom. The molecule has 0 saturated heterocycles. The Bertz CT molecular complexity index is 688. The van der Waals surface area contributed by atoms with Crippen LogP contribution in [0.1, 0.15) is 66.6 Å². The number of aryl methyl sites for hydroxylation is 1. The second-order valence-electron chi connectivity index (χ2n) is 6.78. The fraction of sp³-hybridized carbons (Fsp3) is 0.526. The number of hydrogen-bond donors (Lipinski definition) is 1. The van der Waals surface area contributed by atoms with Gasteiger partial charge in [-0.05, 0) is 36.5 Å². The molecular formula is C19H26N4O. The summed E-state index contributed by atoms with van der Waals surface area (Å²) < 4.78 is 2.23. The van der Waals surface area contributed by atoms with Crippen molar-refractivity contribution in [2.24, 2.45) is 0 Å². The summed E-state index contributed by atoms with van der Waals surface area (Å²) in [6.07, 6.45) is 5.38. The SMILES string of the molecule is CC(C)c1ccc(C(=O)NCCc2nnc3n2CCCCC3)cc1. The maximum absolute atomic E-state index is 12.2. The van der Waals surface area contributed by atoms with E-state index in [1.807, 2.05) is 24.3 Å². The van der Waals surface area contributed by atoms with Crippen LogP contribution >= 0.6 is 0 Å². The van der Waals surface area contributed by atoms with Crippen molar-refractivity contribution in [3.05, 3.63) is 47.0 Å². The molecule has 128 valence electrons. The van der Waals surface area contributed by atoms with Gasteiger partial charge >= 0.3 is 0 Å². The van der Waals surface area contributed by atoms with Gasteiger partial charge < -0.3 is 9.88 Å². The van der Waals surface area contributed by atoms with Crippen LogP contribution in [0.25, 0.3) is 0 Å². The van der Waals surface area contributed by atoms with Crippen molar-refractivity contribution in [1.29, 1.82) is 0 Å². The van der Waals surface area contributed by atoms with Crippen LogP contribution in [0.2, 0.25) is 0 Å². The molecule has 1 aromatic carbocycles. The fourth-order valence-electron chi connectivity index (χ4n) is 3.14. The quantitative estimate of drug-likeness (QED) is 0.918. The van der Waals surface area contributed by atoms with Crippen LogP contribution in [-0.4, -0.2) is 27.2 Å². The molecule has 1 amide bonds. The summed E-state index contributed by atoms with van der Waals surface area (Å²) in [6, 6.07) is 7.84. The summed E-state index contributed by atoms with van der Waals surface area (Å²) >= 11 is 0. The van der Waals surface area contributed by atoms with E-state index in [4.69, 9.17) is 0 Å². The summed E-state index contributed by atoms with van der Waals surface area (Å²) in [7, 11) is 0. The van der Waals surface area contributed by atoms with E-state index in [2.05, 4.69) is 33.9 Å². The van der Waals surface area contributed by atoms with Gasteiger partial charge in [0.15, 0.2) is 0 Å². The molecule has 3 rings (SSSR count). The molecule has 2 aromatic rings. The third-order valence-corrected chi connectivity index (χ3v) is 4.66. The lowest BCUT2D eigenvalue weighted by atomic mass is 10.0. The maximum Gasteiger partial charge on any atom is 0.251 e. The summed E-state index contributed by atoms with van der Waals surface area (Å²) in [4.78, 5) is 12.2. The highest BCUT2D eigenvalue weighted by atomic mass is 16.1. The van der Waals surface area contributed by atoms with E-state index in [0.29, 0.717) is 18.0 Å². The van der Waals surface area contributed by atoms with Crippen molar-refractivity contribution in [2.45, 2.75) is 58.4 Å². The highest BCUT2D eigenvalue weighted by molar-refractivity contribution is 5.94. The lowest BCUT2D eigenvalue weighted by Crippen LogP contribution is -2.26. The molecule has 1 N–H and O–H groups in total. The van der Waals surface area contributed by atoms with E-state index < -0.39 is 0 Å². The van der Waals surface area contributed by atoms with Crippen LogP contribution < -0.4 is 5.32 Å². The molecule has 0 spiro atoms. The Morgan fingerprint density at radius 1 is 1.17 bits per heavy atom. The Kier molecular flexibility index (Phi) is 5.28. The van der Waals surface area contributed by atoms with E-state index in [9.17, 15) is 4.79 Å². The second kappa shape index (κ2) is 7.60. The lowest BCUT2D eigenvalue weighted by Gasteiger charge is -2.09. The normalized spacial score (nSPS) is 14.3. The predicted octanol–water partition coefficient (Wildman–Crippen LogP) is 3.10. The van der Waals surface area contributed by atoms with Crippen molar-refractivity contribution in [2.75, 3.05) is 6.54 Å². The van der Waals surface area contributed by atoms with E-state index in [-0.39, 0.29) is 5.91 Å². The van der Waals surface area contributed by atoms with Gasteiger partial charge in [0, 0.05) is 31.5 Å². The Labute approximate surface area is 143 Å². The molecule has 24 heavy (non-hydrogen) atoms. The molecule has 0 saturated carbocycles. The number of nitrogens with one attached hydrogen (secondary N) is 1. The molecule has 1 aliphatic heterocycles. The molecule has 0 unspecified atom stereocenters. The van der Waals surface area contributed by atoms with Crippen LogP contribution in [-0.2, 0) is 19.4 Å². The van der Waals surface area contributed by atoms with Crippen LogP contribution in [0.3, 0.4) is 0 Å². The van der Waals surface area contributed by atoms with Gasteiger partial charge in [0.2, 0.25) is 0 Å². The zero-order chi connectivity index (χ0) is 16.9. The van der Waals surface area contributed by atoms with Crippen molar-refractivity contribution in [3.63, 3.8) is 0 Å². The summed E-state index contributed by atoms with van der Waals surface area (Å²) in [5.41, 5.74) is 1.96. The summed E-state index contributed by atoms with van der Waals surface area (Å²) in [6.45, 7) is 5.89. The van der Waals surface area contributed by atoms with Gasteiger partial charge in [-0.15, -0.1) is 10.2 Å². The van der Waals surface area contributed by atoms with Gasteiger partial charge in [-0.1, -0.05) is 32.4 Å². The molecule has 1 aromatic heterocycles. The van der Waals surface area contributed by atoms with Gasteiger partial charge in [0.05, 0.1) is 0 Å². The average Bonchev–Trinajstić information content (AvgIpc) is 2.81. The second-order valence-corrected chi connectivity index (χ2v) is 6.78. The van der Waals surface area contributed by atoms with Crippen LogP contribution in [0.15, 0.2) is 24.3 Å². The third-order valence-electron chi connectivity index (χ3n) is 4.66. The molecule has 0 aliphatic carbocycles. The number of nitrogens with zero attached hydrogens (tertiary/aromatic N) is 3. The molecule has 1 aliphatic rings. The average molecular weight is 326 g/mol. The van der Waals surface area contributed by atoms with Crippen molar-refractivity contribution in [1.82, 2.24) is 20.1 Å². The molecule has 0 radical (unpaired) electrons. The standard InChI is InChI=1S/C19H26N4O/c1-14(2)15-7-9-16(10-8-15)19(24)20-12-11-18-22-21-17-6-4-3-5-13-23(17)18/h7-10,14H,3-6,11-13H2,1-2H3,(H,20,24). The topological polar surface area (TPSA) is 59.8 Å².